The molecule has 0 spiro atoms. The van der Waals surface area contributed by atoms with Crippen molar-refractivity contribution in [1.29, 1.82) is 0 Å². The van der Waals surface area contributed by atoms with E-state index in [2.05, 4.69) is 16.3 Å². The first-order valence-electron chi connectivity index (χ1n) is 8.68. The number of nitro benzene ring substituents is 1. The molecule has 0 aliphatic carbocycles. The third-order valence-electron chi connectivity index (χ3n) is 4.61. The van der Waals surface area contributed by atoms with Gasteiger partial charge in [0.25, 0.3) is 11.6 Å². The molecule has 0 aliphatic heterocycles. The summed E-state index contributed by atoms with van der Waals surface area (Å²) in [7, 11) is 0. The normalized spacial score (nSPS) is 11.3. The Kier molecular flexibility index (Phi) is 3.78. The molecule has 0 saturated heterocycles. The van der Waals surface area contributed by atoms with Gasteiger partial charge in [0.15, 0.2) is 0 Å². The van der Waals surface area contributed by atoms with E-state index in [9.17, 15) is 10.1 Å². The van der Waals surface area contributed by atoms with Crippen LogP contribution < -0.4 is 5.73 Å². The van der Waals surface area contributed by atoms with Crippen LogP contribution in [0.2, 0.25) is 0 Å². The summed E-state index contributed by atoms with van der Waals surface area (Å²) in [5.41, 5.74) is 9.54. The fourth-order valence-electron chi connectivity index (χ4n) is 3.14. The van der Waals surface area contributed by atoms with Crippen molar-refractivity contribution in [2.24, 2.45) is 0 Å². The van der Waals surface area contributed by atoms with E-state index in [1.54, 1.807) is 12.1 Å². The van der Waals surface area contributed by atoms with Crippen LogP contribution in [-0.2, 0) is 0 Å². The number of pyridine rings is 1. The second-order valence-corrected chi connectivity index (χ2v) is 7.60. The summed E-state index contributed by atoms with van der Waals surface area (Å²) in [5.74, 6) is 0.555. The Bertz CT molecular complexity index is 1410. The summed E-state index contributed by atoms with van der Waals surface area (Å²) >= 11 is 1.39. The van der Waals surface area contributed by atoms with Crippen molar-refractivity contribution in [3.63, 3.8) is 0 Å². The number of benzene rings is 2. The van der Waals surface area contributed by atoms with Gasteiger partial charge in [0.05, 0.1) is 16.1 Å². The third-order valence-corrected chi connectivity index (χ3v) is 5.72. The van der Waals surface area contributed by atoms with E-state index in [-0.39, 0.29) is 11.6 Å². The first kappa shape index (κ1) is 17.3. The van der Waals surface area contributed by atoms with Crippen LogP contribution in [0.1, 0.15) is 5.56 Å². The first-order valence-corrected chi connectivity index (χ1v) is 9.49. The Morgan fingerprint density at radius 1 is 1.07 bits per heavy atom. The van der Waals surface area contributed by atoms with Crippen molar-refractivity contribution in [2.75, 3.05) is 5.73 Å². The molecule has 2 aromatic carbocycles. The van der Waals surface area contributed by atoms with Crippen molar-refractivity contribution in [3.05, 3.63) is 64.2 Å². The highest BCUT2D eigenvalue weighted by Gasteiger charge is 2.19. The van der Waals surface area contributed by atoms with Crippen molar-refractivity contribution in [2.45, 2.75) is 6.92 Å². The zero-order valence-electron chi connectivity index (χ0n) is 15.1. The predicted molar refractivity (Wildman–Crippen MR) is 112 cm³/mol. The highest BCUT2D eigenvalue weighted by Crippen LogP contribution is 2.41. The van der Waals surface area contributed by atoms with Gasteiger partial charge in [-0.15, -0.1) is 21.5 Å². The fraction of sp³-hybridized carbons (Fsp3) is 0.0500. The molecule has 0 saturated carbocycles. The number of anilines is 1. The van der Waals surface area contributed by atoms with Crippen molar-refractivity contribution in [1.82, 2.24) is 15.2 Å². The van der Waals surface area contributed by atoms with Gasteiger partial charge in [-0.05, 0) is 37.3 Å². The highest BCUT2D eigenvalue weighted by atomic mass is 32.1. The zero-order chi connectivity index (χ0) is 20.1. The van der Waals surface area contributed by atoms with Gasteiger partial charge in [-0.1, -0.05) is 11.6 Å². The van der Waals surface area contributed by atoms with Gasteiger partial charge in [0.1, 0.15) is 9.71 Å². The summed E-state index contributed by atoms with van der Waals surface area (Å²) in [6.45, 7) is 2.03. The molecule has 9 heteroatoms. The number of fused-ring (bicyclic) bond motifs is 2. The molecule has 0 fully saturated rings. The summed E-state index contributed by atoms with van der Waals surface area (Å²) in [6.07, 6.45) is 0. The van der Waals surface area contributed by atoms with Crippen LogP contribution >= 0.6 is 11.3 Å². The molecular formula is C20H13N5O3S. The van der Waals surface area contributed by atoms with Gasteiger partial charge < -0.3 is 10.2 Å². The van der Waals surface area contributed by atoms with Gasteiger partial charge in [-0.3, -0.25) is 10.1 Å². The van der Waals surface area contributed by atoms with Gasteiger partial charge in [0.2, 0.25) is 5.89 Å². The number of nitrogen functional groups attached to an aromatic ring is 1. The molecule has 3 heterocycles. The summed E-state index contributed by atoms with van der Waals surface area (Å²) in [6, 6.07) is 14.0. The lowest BCUT2D eigenvalue weighted by molar-refractivity contribution is -0.384. The number of hydrogen-bond acceptors (Lipinski definition) is 8. The van der Waals surface area contributed by atoms with Gasteiger partial charge in [-0.25, -0.2) is 4.98 Å². The topological polar surface area (TPSA) is 121 Å². The van der Waals surface area contributed by atoms with E-state index in [1.165, 1.54) is 23.5 Å². The fourth-order valence-corrected chi connectivity index (χ4v) is 4.15. The maximum absolute atomic E-state index is 10.8. The lowest BCUT2D eigenvalue weighted by Gasteiger charge is -1.99. The largest absolute Gasteiger partial charge is 0.415 e. The summed E-state index contributed by atoms with van der Waals surface area (Å²) in [4.78, 5) is 16.5. The Morgan fingerprint density at radius 3 is 2.59 bits per heavy atom. The number of hydrogen-bond donors (Lipinski definition) is 1. The number of non-ortho nitro benzene ring substituents is 1. The number of aryl methyl sites for hydroxylation is 1. The summed E-state index contributed by atoms with van der Waals surface area (Å²) < 4.78 is 5.79. The van der Waals surface area contributed by atoms with Crippen molar-refractivity contribution in [3.8, 4) is 22.2 Å². The number of thiophene rings is 1. The molecule has 29 heavy (non-hydrogen) atoms. The monoisotopic (exact) mass is 403 g/mol. The van der Waals surface area contributed by atoms with Crippen LogP contribution in [0, 0.1) is 17.0 Å². The minimum Gasteiger partial charge on any atom is -0.415 e. The smallest absolute Gasteiger partial charge is 0.269 e. The van der Waals surface area contributed by atoms with E-state index < -0.39 is 4.92 Å². The van der Waals surface area contributed by atoms with Crippen LogP contribution in [0.15, 0.2) is 52.9 Å². The second kappa shape index (κ2) is 6.35. The van der Waals surface area contributed by atoms with Crippen LogP contribution in [0.4, 0.5) is 11.4 Å². The lowest BCUT2D eigenvalue weighted by atomic mass is 10.1. The van der Waals surface area contributed by atoms with Crippen LogP contribution in [0.3, 0.4) is 0 Å². The van der Waals surface area contributed by atoms with Crippen molar-refractivity contribution >= 4 is 43.8 Å². The summed E-state index contributed by atoms with van der Waals surface area (Å²) in [5, 5.41) is 20.8. The second-order valence-electron chi connectivity index (χ2n) is 6.60. The molecule has 8 nitrogen and oxygen atoms in total. The van der Waals surface area contributed by atoms with Gasteiger partial charge >= 0.3 is 0 Å². The van der Waals surface area contributed by atoms with E-state index in [0.717, 1.165) is 26.7 Å². The SMILES string of the molecule is Cc1ccc2nc3sc(-c4nnc(-c5ccc([N+](=O)[O-])cc5)o4)c(N)c3cc2c1. The number of nitro groups is 1. The minimum absolute atomic E-state index is 0.00406. The van der Waals surface area contributed by atoms with Crippen molar-refractivity contribution < 1.29 is 9.34 Å². The molecule has 3 aromatic heterocycles. The predicted octanol–water partition coefficient (Wildman–Crippen LogP) is 4.97. The van der Waals surface area contributed by atoms with Gasteiger partial charge in [0, 0.05) is 28.5 Å². The number of aromatic nitrogens is 3. The highest BCUT2D eigenvalue weighted by molar-refractivity contribution is 7.22. The Hall–Kier alpha value is -3.85. The van der Waals surface area contributed by atoms with Crippen LogP contribution in [0.5, 0.6) is 0 Å². The minimum atomic E-state index is -0.459. The number of rotatable bonds is 3. The first-order chi connectivity index (χ1) is 14.0. The van der Waals surface area contributed by atoms with E-state index in [4.69, 9.17) is 15.1 Å². The van der Waals surface area contributed by atoms with Gasteiger partial charge in [-0.2, -0.15) is 0 Å². The molecule has 142 valence electrons. The van der Waals surface area contributed by atoms with E-state index in [1.807, 2.05) is 25.1 Å². The molecule has 0 unspecified atom stereocenters. The van der Waals surface area contributed by atoms with Crippen LogP contribution in [0.25, 0.3) is 43.3 Å². The standard InChI is InChI=1S/C20H13N5O3S/c1-10-2-7-15-12(8-10)9-14-16(21)17(29-20(14)22-15)19-24-23-18(28-19)11-3-5-13(6-4-11)25(26)27/h2-9H,21H2,1H3. The Balaban J connectivity index is 1.58. The Labute approximate surface area is 167 Å². The molecule has 0 atom stereocenters. The maximum atomic E-state index is 10.8. The Morgan fingerprint density at radius 2 is 1.83 bits per heavy atom. The molecule has 5 rings (SSSR count). The lowest BCUT2D eigenvalue weighted by Crippen LogP contribution is -1.87. The molecular weight excluding hydrogens is 390 g/mol. The molecule has 0 aliphatic rings. The molecule has 5 aromatic rings. The third kappa shape index (κ3) is 2.88. The van der Waals surface area contributed by atoms with E-state index >= 15 is 0 Å². The van der Waals surface area contributed by atoms with E-state index in [0.29, 0.717) is 22.0 Å². The number of nitrogens with zero attached hydrogens (tertiary/aromatic N) is 4. The molecule has 0 amide bonds. The molecule has 0 bridgehead atoms. The molecule has 2 N–H and O–H groups in total. The molecule has 0 radical (unpaired) electrons. The zero-order valence-corrected chi connectivity index (χ0v) is 15.9. The maximum Gasteiger partial charge on any atom is 0.269 e. The average molecular weight is 403 g/mol. The quantitative estimate of drug-likeness (QED) is 0.333. The van der Waals surface area contributed by atoms with Crippen LogP contribution in [-0.4, -0.2) is 20.1 Å². The average Bonchev–Trinajstić information content (AvgIpc) is 3.32. The number of nitrogens with two attached hydrogens (primary N) is 1.